The van der Waals surface area contributed by atoms with Crippen molar-refractivity contribution in [2.75, 3.05) is 42.7 Å². The number of fused-ring (bicyclic) bond motifs is 1. The van der Waals surface area contributed by atoms with E-state index in [1.165, 1.54) is 6.20 Å². The van der Waals surface area contributed by atoms with Crippen LogP contribution in [0, 0.1) is 0 Å². The van der Waals surface area contributed by atoms with E-state index in [0.29, 0.717) is 18.2 Å². The molecule has 0 saturated carbocycles. The number of nitrogens with zero attached hydrogens (tertiary/aromatic N) is 5. The van der Waals surface area contributed by atoms with Crippen molar-refractivity contribution in [3.63, 3.8) is 0 Å². The van der Waals surface area contributed by atoms with Crippen LogP contribution in [0.1, 0.15) is 78.1 Å². The van der Waals surface area contributed by atoms with Gasteiger partial charge in [-0.3, -0.25) is 9.69 Å². The molecule has 1 saturated heterocycles. The Kier molecular flexibility index (Phi) is 11.1. The van der Waals surface area contributed by atoms with E-state index < -0.39 is 71.0 Å². The Hall–Kier alpha value is -4.72. The number of pyridine rings is 1. The highest BCUT2D eigenvalue weighted by Gasteiger charge is 2.48. The predicted molar refractivity (Wildman–Crippen MR) is 168 cm³/mol. The van der Waals surface area contributed by atoms with E-state index >= 15 is 0 Å². The maximum absolute atomic E-state index is 14.0. The fraction of sp³-hybridized carbons (Fsp3) is 0.485. The molecular formula is C33H33F9N6O5. The highest BCUT2D eigenvalue weighted by molar-refractivity contribution is 5.91. The molecule has 2 aliphatic heterocycles. The van der Waals surface area contributed by atoms with E-state index in [1.54, 1.807) is 11.8 Å². The second-order valence-electron chi connectivity index (χ2n) is 12.5. The largest absolute Gasteiger partial charge is 0.481 e. The molecule has 0 radical (unpaired) electrons. The molecule has 0 spiro atoms. The van der Waals surface area contributed by atoms with Gasteiger partial charge in [-0.1, -0.05) is 6.92 Å². The predicted octanol–water partition coefficient (Wildman–Crippen LogP) is 6.76. The van der Waals surface area contributed by atoms with Crippen LogP contribution in [0.25, 0.3) is 0 Å². The summed E-state index contributed by atoms with van der Waals surface area (Å²) in [6.07, 6.45) is -16.3. The van der Waals surface area contributed by atoms with Gasteiger partial charge in [-0.05, 0) is 55.2 Å². The Morgan fingerprint density at radius 1 is 0.962 bits per heavy atom. The first-order valence-electron chi connectivity index (χ1n) is 16.2. The Bertz CT molecular complexity index is 1800. The number of benzene rings is 1. The molecular weight excluding hydrogens is 731 g/mol. The van der Waals surface area contributed by atoms with Gasteiger partial charge in [0, 0.05) is 25.9 Å². The number of carboxylic acids is 1. The van der Waals surface area contributed by atoms with Gasteiger partial charge in [0.05, 0.1) is 65.8 Å². The van der Waals surface area contributed by atoms with Crippen LogP contribution in [0.3, 0.4) is 0 Å². The summed E-state index contributed by atoms with van der Waals surface area (Å²) in [5.41, 5.74) is -0.0812. The number of carbonyl (C=O) groups excluding carboxylic acids is 1. The standard InChI is InChI=1S/C33H33F9N6O5/c1-2-30(43)16-21(27-23(5-6-25(46-27)33(40,41)42)48(30)29(51)53-9-3-4-26(49)50)28-44-17-24(47-7-10-52-11-8-47)22(45-28)14-18-12-19(31(34,35)36)15-20(13-18)32(37,38)39/h5-6,12-13,15,17,21H,2-4,7-11,14,16,43H2,1H3,(H,49,50)/t21-,30+/m0/s1. The number of hydrogen-bond acceptors (Lipinski definition) is 9. The maximum atomic E-state index is 14.0. The second-order valence-corrected chi connectivity index (χ2v) is 12.5. The molecule has 11 nitrogen and oxygen atoms in total. The summed E-state index contributed by atoms with van der Waals surface area (Å²) in [5, 5.41) is 8.91. The molecule has 288 valence electrons. The van der Waals surface area contributed by atoms with Crippen molar-refractivity contribution in [2.45, 2.75) is 69.1 Å². The van der Waals surface area contributed by atoms with Crippen LogP contribution in [0.2, 0.25) is 0 Å². The second kappa shape index (κ2) is 15.0. The molecule has 2 atom stereocenters. The van der Waals surface area contributed by atoms with Crippen molar-refractivity contribution < 1.29 is 63.7 Å². The minimum Gasteiger partial charge on any atom is -0.481 e. The lowest BCUT2D eigenvalue weighted by Crippen LogP contribution is -2.62. The first-order valence-corrected chi connectivity index (χ1v) is 16.2. The SMILES string of the molecule is CC[C@]1(N)C[C@H](c2ncc(N3CCOCC3)c(Cc3cc(C(F)(F)F)cc(C(F)(F)F)c3)n2)c2nc(C(F)(F)F)ccc2N1C(=O)OCCCC(=O)O. The van der Waals surface area contributed by atoms with Crippen molar-refractivity contribution in [1.82, 2.24) is 15.0 Å². The lowest BCUT2D eigenvalue weighted by Gasteiger charge is -2.46. The van der Waals surface area contributed by atoms with Gasteiger partial charge in [0.15, 0.2) is 0 Å². The maximum Gasteiger partial charge on any atom is 0.433 e. The first-order chi connectivity index (χ1) is 24.7. The van der Waals surface area contributed by atoms with Crippen molar-refractivity contribution >= 4 is 23.4 Å². The zero-order chi connectivity index (χ0) is 38.9. The third-order valence-electron chi connectivity index (χ3n) is 8.87. The number of nitrogens with two attached hydrogens (primary N) is 1. The Morgan fingerprint density at radius 3 is 2.17 bits per heavy atom. The van der Waals surface area contributed by atoms with Crippen LogP contribution in [-0.4, -0.2) is 70.7 Å². The van der Waals surface area contributed by atoms with Crippen LogP contribution < -0.4 is 15.5 Å². The number of alkyl halides is 9. The fourth-order valence-corrected chi connectivity index (χ4v) is 6.20. The van der Waals surface area contributed by atoms with Crippen LogP contribution in [0.5, 0.6) is 0 Å². The Labute approximate surface area is 295 Å². The number of aliphatic carboxylic acids is 1. The highest BCUT2D eigenvalue weighted by atomic mass is 19.4. The first kappa shape index (κ1) is 39.5. The van der Waals surface area contributed by atoms with Crippen LogP contribution in [0.15, 0.2) is 36.5 Å². The molecule has 1 fully saturated rings. The molecule has 1 aromatic carbocycles. The summed E-state index contributed by atoms with van der Waals surface area (Å²) in [5.74, 6) is -2.62. The van der Waals surface area contributed by atoms with Gasteiger partial charge in [-0.25, -0.2) is 19.7 Å². The van der Waals surface area contributed by atoms with Gasteiger partial charge in [0.2, 0.25) is 0 Å². The minimum absolute atomic E-state index is 0.00262. The van der Waals surface area contributed by atoms with Gasteiger partial charge < -0.3 is 25.2 Å². The Balaban J connectivity index is 1.65. The normalized spacial score (nSPS) is 19.6. The Morgan fingerprint density at radius 2 is 1.60 bits per heavy atom. The van der Waals surface area contributed by atoms with E-state index in [1.807, 2.05) is 0 Å². The number of halogens is 9. The molecule has 0 bridgehead atoms. The minimum atomic E-state index is -5.12. The number of anilines is 2. The lowest BCUT2D eigenvalue weighted by atomic mass is 9.83. The molecule has 2 aromatic heterocycles. The van der Waals surface area contributed by atoms with Gasteiger partial charge in [0.1, 0.15) is 17.2 Å². The van der Waals surface area contributed by atoms with Crippen molar-refractivity contribution in [3.8, 4) is 0 Å². The summed E-state index contributed by atoms with van der Waals surface area (Å²) in [7, 11) is 0. The number of amides is 1. The molecule has 0 aliphatic carbocycles. The molecule has 20 heteroatoms. The van der Waals surface area contributed by atoms with Crippen LogP contribution in [-0.2, 0) is 39.2 Å². The van der Waals surface area contributed by atoms with Crippen LogP contribution in [0.4, 0.5) is 55.7 Å². The number of carboxylic acid groups (broad SMARTS) is 1. The quantitative estimate of drug-likeness (QED) is 0.177. The highest BCUT2D eigenvalue weighted by Crippen LogP contribution is 2.46. The number of carbonyl (C=O) groups is 2. The molecule has 1 amide bonds. The molecule has 3 aromatic rings. The van der Waals surface area contributed by atoms with Crippen molar-refractivity contribution in [1.29, 1.82) is 0 Å². The molecule has 53 heavy (non-hydrogen) atoms. The topological polar surface area (TPSA) is 144 Å². The number of ether oxygens (including phenoxy) is 2. The van der Waals surface area contributed by atoms with E-state index in [2.05, 4.69) is 15.0 Å². The average molecular weight is 765 g/mol. The van der Waals surface area contributed by atoms with Gasteiger partial charge in [-0.2, -0.15) is 39.5 Å². The lowest BCUT2D eigenvalue weighted by molar-refractivity contribution is -0.143. The number of rotatable bonds is 9. The molecule has 2 aliphatic rings. The summed E-state index contributed by atoms with van der Waals surface area (Å²) in [4.78, 5) is 39.8. The number of hydrogen-bond donors (Lipinski definition) is 2. The van der Waals surface area contributed by atoms with Crippen molar-refractivity contribution in [3.05, 3.63) is 76.1 Å². The summed E-state index contributed by atoms with van der Waals surface area (Å²) >= 11 is 0. The summed E-state index contributed by atoms with van der Waals surface area (Å²) in [6, 6.07) is 2.72. The third kappa shape index (κ3) is 8.91. The van der Waals surface area contributed by atoms with Crippen LogP contribution >= 0.6 is 0 Å². The van der Waals surface area contributed by atoms with E-state index in [0.717, 1.165) is 11.0 Å². The molecule has 3 N–H and O–H groups in total. The van der Waals surface area contributed by atoms with E-state index in [-0.39, 0.29) is 93.2 Å². The summed E-state index contributed by atoms with van der Waals surface area (Å²) in [6.45, 7) is 2.23. The molecule has 0 unspecified atom stereocenters. The van der Waals surface area contributed by atoms with E-state index in [4.69, 9.17) is 20.3 Å². The zero-order valence-corrected chi connectivity index (χ0v) is 27.9. The fourth-order valence-electron chi connectivity index (χ4n) is 6.20. The third-order valence-corrected chi connectivity index (χ3v) is 8.87. The molecule has 4 heterocycles. The van der Waals surface area contributed by atoms with Gasteiger partial charge in [0.25, 0.3) is 0 Å². The average Bonchev–Trinajstić information content (AvgIpc) is 3.08. The van der Waals surface area contributed by atoms with Gasteiger partial charge >= 0.3 is 30.6 Å². The van der Waals surface area contributed by atoms with Gasteiger partial charge in [-0.15, -0.1) is 0 Å². The smallest absolute Gasteiger partial charge is 0.433 e. The molecule has 5 rings (SSSR count). The van der Waals surface area contributed by atoms with E-state index in [9.17, 15) is 49.1 Å². The van der Waals surface area contributed by atoms with Crippen molar-refractivity contribution in [2.24, 2.45) is 5.73 Å². The zero-order valence-electron chi connectivity index (χ0n) is 27.9. The number of aromatic nitrogens is 3. The number of morpholine rings is 1. The monoisotopic (exact) mass is 764 g/mol. The summed E-state index contributed by atoms with van der Waals surface area (Å²) < 4.78 is 135.